The zero-order chi connectivity index (χ0) is 15.6. The lowest BCUT2D eigenvalue weighted by Gasteiger charge is -2.35. The summed E-state index contributed by atoms with van der Waals surface area (Å²) in [7, 11) is -3.65. The smallest absolute Gasteiger partial charge is 0.326 e. The summed E-state index contributed by atoms with van der Waals surface area (Å²) in [5, 5.41) is 0. The summed E-state index contributed by atoms with van der Waals surface area (Å²) in [6, 6.07) is 16.3. The van der Waals surface area contributed by atoms with Crippen molar-refractivity contribution in [1.29, 1.82) is 0 Å². The van der Waals surface area contributed by atoms with Gasteiger partial charge >= 0.3 is 10.2 Å². The zero-order valence-electron chi connectivity index (χ0n) is 12.3. The fourth-order valence-electron chi connectivity index (χ4n) is 2.58. The van der Waals surface area contributed by atoms with Crippen molar-refractivity contribution in [3.63, 3.8) is 0 Å². The van der Waals surface area contributed by atoms with Crippen LogP contribution in [0.3, 0.4) is 0 Å². The van der Waals surface area contributed by atoms with Gasteiger partial charge in [0, 0.05) is 6.54 Å². The maximum absolute atomic E-state index is 13.1. The maximum atomic E-state index is 13.1. The number of fused-ring (bicyclic) bond motifs is 1. The van der Waals surface area contributed by atoms with Gasteiger partial charge in [-0.3, -0.25) is 4.31 Å². The van der Waals surface area contributed by atoms with E-state index in [4.69, 9.17) is 4.74 Å². The Morgan fingerprint density at radius 1 is 1.09 bits per heavy atom. The van der Waals surface area contributed by atoms with Gasteiger partial charge in [0.05, 0.1) is 17.9 Å². The Bertz CT molecular complexity index is 747. The summed E-state index contributed by atoms with van der Waals surface area (Å²) in [6.45, 7) is 2.86. The average molecular weight is 318 g/mol. The van der Waals surface area contributed by atoms with Crippen LogP contribution in [0.2, 0.25) is 0 Å². The van der Waals surface area contributed by atoms with Gasteiger partial charge in [0.2, 0.25) is 0 Å². The molecule has 0 bridgehead atoms. The highest BCUT2D eigenvalue weighted by Crippen LogP contribution is 2.34. The second-order valence-corrected chi connectivity index (χ2v) is 6.67. The van der Waals surface area contributed by atoms with E-state index in [0.717, 1.165) is 0 Å². The van der Waals surface area contributed by atoms with Crippen LogP contribution in [-0.4, -0.2) is 28.1 Å². The molecule has 2 aromatic rings. The molecule has 0 saturated heterocycles. The summed E-state index contributed by atoms with van der Waals surface area (Å²) < 4.78 is 34.5. The van der Waals surface area contributed by atoms with E-state index in [1.807, 2.05) is 37.3 Å². The lowest BCUT2D eigenvalue weighted by Crippen LogP contribution is -2.47. The van der Waals surface area contributed by atoms with Gasteiger partial charge in [0.25, 0.3) is 0 Å². The Kier molecular flexibility index (Phi) is 3.94. The number of nitrogens with zero attached hydrogens (tertiary/aromatic N) is 2. The minimum Gasteiger partial charge on any atom is -0.489 e. The SMILES string of the molecule is CCN(c1ccccc1)S(=O)(=O)N1CCOc2ccccc21. The standard InChI is InChI=1S/C16H18N2O3S/c1-2-17(14-8-4-3-5-9-14)22(19,20)18-12-13-21-16-11-7-6-10-15(16)18/h3-11H,2,12-13H2,1H3. The summed E-state index contributed by atoms with van der Waals surface area (Å²) in [5.41, 5.74) is 1.25. The van der Waals surface area contributed by atoms with Crippen LogP contribution in [0.1, 0.15) is 6.92 Å². The molecule has 0 N–H and O–H groups in total. The lowest BCUT2D eigenvalue weighted by atomic mass is 10.2. The molecule has 0 atom stereocenters. The Balaban J connectivity index is 2.03. The van der Waals surface area contributed by atoms with Crippen LogP contribution in [0.25, 0.3) is 0 Å². The van der Waals surface area contributed by atoms with Crippen LogP contribution in [0.5, 0.6) is 5.75 Å². The molecule has 22 heavy (non-hydrogen) atoms. The summed E-state index contributed by atoms with van der Waals surface area (Å²) in [5.74, 6) is 0.599. The Morgan fingerprint density at radius 3 is 2.50 bits per heavy atom. The molecular formula is C16H18N2O3S. The molecule has 0 unspecified atom stereocenters. The molecule has 0 fully saturated rings. The van der Waals surface area contributed by atoms with Crippen molar-refractivity contribution in [3.05, 3.63) is 54.6 Å². The van der Waals surface area contributed by atoms with Crippen molar-refractivity contribution in [2.75, 3.05) is 28.3 Å². The number of ether oxygens (including phenoxy) is 1. The molecule has 1 aliphatic heterocycles. The summed E-state index contributed by atoms with van der Waals surface area (Å²) in [6.07, 6.45) is 0. The normalized spacial score (nSPS) is 14.1. The number of hydrogen-bond donors (Lipinski definition) is 0. The second kappa shape index (κ2) is 5.88. The van der Waals surface area contributed by atoms with Crippen LogP contribution in [0.15, 0.2) is 54.6 Å². The van der Waals surface area contributed by atoms with E-state index < -0.39 is 10.2 Å². The predicted octanol–water partition coefficient (Wildman–Crippen LogP) is 2.66. The highest BCUT2D eigenvalue weighted by Gasteiger charge is 2.33. The maximum Gasteiger partial charge on any atom is 0.326 e. The Morgan fingerprint density at radius 2 is 1.77 bits per heavy atom. The molecule has 5 nitrogen and oxygen atoms in total. The van der Waals surface area contributed by atoms with E-state index in [1.165, 1.54) is 8.61 Å². The third kappa shape index (κ3) is 2.50. The first kappa shape index (κ1) is 14.7. The topological polar surface area (TPSA) is 49.9 Å². The van der Waals surface area contributed by atoms with E-state index in [1.54, 1.807) is 24.3 Å². The van der Waals surface area contributed by atoms with Gasteiger partial charge in [0.15, 0.2) is 0 Å². The van der Waals surface area contributed by atoms with Gasteiger partial charge < -0.3 is 4.74 Å². The van der Waals surface area contributed by atoms with Gasteiger partial charge in [-0.05, 0) is 31.2 Å². The molecule has 0 aliphatic carbocycles. The Hall–Kier alpha value is -2.21. The van der Waals surface area contributed by atoms with Crippen LogP contribution in [0, 0.1) is 0 Å². The molecular weight excluding hydrogens is 300 g/mol. The molecule has 0 aromatic heterocycles. The fraction of sp³-hybridized carbons (Fsp3) is 0.250. The van der Waals surface area contributed by atoms with Crippen molar-refractivity contribution in [3.8, 4) is 5.75 Å². The molecule has 2 aromatic carbocycles. The highest BCUT2D eigenvalue weighted by atomic mass is 32.2. The summed E-state index contributed by atoms with van der Waals surface area (Å²) >= 11 is 0. The first-order valence-electron chi connectivity index (χ1n) is 7.22. The van der Waals surface area contributed by atoms with Gasteiger partial charge in [-0.15, -0.1) is 0 Å². The van der Waals surface area contributed by atoms with Crippen molar-refractivity contribution in [2.24, 2.45) is 0 Å². The van der Waals surface area contributed by atoms with E-state index in [0.29, 0.717) is 36.8 Å². The van der Waals surface area contributed by atoms with Crippen LogP contribution in [0.4, 0.5) is 11.4 Å². The Labute approximate surface area is 130 Å². The quantitative estimate of drug-likeness (QED) is 0.871. The van der Waals surface area contributed by atoms with Crippen molar-refractivity contribution < 1.29 is 13.2 Å². The molecule has 1 heterocycles. The third-order valence-corrected chi connectivity index (χ3v) is 5.54. The lowest BCUT2D eigenvalue weighted by molar-refractivity contribution is 0.316. The van der Waals surface area contributed by atoms with Crippen molar-refractivity contribution >= 4 is 21.6 Å². The van der Waals surface area contributed by atoms with Crippen LogP contribution in [-0.2, 0) is 10.2 Å². The van der Waals surface area contributed by atoms with E-state index in [-0.39, 0.29) is 0 Å². The zero-order valence-corrected chi connectivity index (χ0v) is 13.2. The minimum atomic E-state index is -3.65. The molecule has 0 amide bonds. The van der Waals surface area contributed by atoms with Gasteiger partial charge in [-0.2, -0.15) is 8.42 Å². The minimum absolute atomic E-state index is 0.308. The number of benzene rings is 2. The molecule has 116 valence electrons. The van der Waals surface area contributed by atoms with Gasteiger partial charge in [-0.25, -0.2) is 4.31 Å². The monoisotopic (exact) mass is 318 g/mol. The number of rotatable bonds is 4. The highest BCUT2D eigenvalue weighted by molar-refractivity contribution is 7.94. The van der Waals surface area contributed by atoms with Crippen LogP contribution < -0.4 is 13.3 Å². The number of anilines is 2. The van der Waals surface area contributed by atoms with E-state index in [2.05, 4.69) is 0 Å². The van der Waals surface area contributed by atoms with E-state index >= 15 is 0 Å². The molecule has 6 heteroatoms. The molecule has 1 aliphatic rings. The molecule has 0 radical (unpaired) electrons. The molecule has 0 spiro atoms. The summed E-state index contributed by atoms with van der Waals surface area (Å²) in [4.78, 5) is 0. The number of para-hydroxylation sites is 3. The first-order valence-corrected chi connectivity index (χ1v) is 8.61. The van der Waals surface area contributed by atoms with Gasteiger partial charge in [-0.1, -0.05) is 30.3 Å². The second-order valence-electron chi connectivity index (χ2n) is 4.90. The van der Waals surface area contributed by atoms with Crippen molar-refractivity contribution in [2.45, 2.75) is 6.92 Å². The van der Waals surface area contributed by atoms with Crippen molar-refractivity contribution in [1.82, 2.24) is 0 Å². The predicted molar refractivity (Wildman–Crippen MR) is 87.7 cm³/mol. The largest absolute Gasteiger partial charge is 0.489 e. The average Bonchev–Trinajstić information content (AvgIpc) is 2.55. The van der Waals surface area contributed by atoms with Crippen LogP contribution >= 0.6 is 0 Å². The fourth-order valence-corrected chi connectivity index (χ4v) is 4.23. The molecule has 0 saturated carbocycles. The first-order chi connectivity index (χ1) is 10.6. The third-order valence-electron chi connectivity index (χ3n) is 3.57. The molecule has 3 rings (SSSR count). The van der Waals surface area contributed by atoms with Gasteiger partial charge in [0.1, 0.15) is 12.4 Å². The number of hydrogen-bond acceptors (Lipinski definition) is 3. The van der Waals surface area contributed by atoms with E-state index in [9.17, 15) is 8.42 Å².